The van der Waals surface area contributed by atoms with Crippen LogP contribution in [0, 0.1) is 5.82 Å². The zero-order valence-electron chi connectivity index (χ0n) is 8.80. The van der Waals surface area contributed by atoms with E-state index >= 15 is 0 Å². The summed E-state index contributed by atoms with van der Waals surface area (Å²) in [4.78, 5) is 12.2. The van der Waals surface area contributed by atoms with Gasteiger partial charge in [-0.1, -0.05) is 24.4 Å². The lowest BCUT2D eigenvalue weighted by atomic mass is 9.89. The van der Waals surface area contributed by atoms with Crippen molar-refractivity contribution < 1.29 is 9.18 Å². The number of carbonyl (C=O) groups is 1. The Kier molecular flexibility index (Phi) is 3.00. The Labute approximate surface area is 98.6 Å². The first-order valence-electron chi connectivity index (χ1n) is 5.32. The molecule has 4 heteroatoms. The minimum Gasteiger partial charge on any atom is -0.319 e. The second-order valence-electron chi connectivity index (χ2n) is 4.32. The average molecular weight is 242 g/mol. The van der Waals surface area contributed by atoms with Gasteiger partial charge < -0.3 is 5.73 Å². The third-order valence-electron chi connectivity index (χ3n) is 3.12. The number of ketones is 1. The number of hydrogen-bond acceptors (Lipinski definition) is 2. The van der Waals surface area contributed by atoms with E-state index in [2.05, 4.69) is 0 Å². The molecule has 0 spiro atoms. The molecule has 1 aliphatic rings. The topological polar surface area (TPSA) is 43.1 Å². The van der Waals surface area contributed by atoms with Crippen molar-refractivity contribution in [2.75, 3.05) is 0 Å². The summed E-state index contributed by atoms with van der Waals surface area (Å²) in [7, 11) is 0. The molecular formula is C12H13ClFNO. The van der Waals surface area contributed by atoms with Crippen LogP contribution in [0.2, 0.25) is 5.02 Å². The number of nitrogens with two attached hydrogens (primary N) is 1. The minimum absolute atomic E-state index is 0.200. The molecule has 2 rings (SSSR count). The molecule has 1 aromatic rings. The van der Waals surface area contributed by atoms with E-state index in [1.807, 2.05) is 0 Å². The Morgan fingerprint density at radius 3 is 2.62 bits per heavy atom. The Morgan fingerprint density at radius 2 is 2.00 bits per heavy atom. The summed E-state index contributed by atoms with van der Waals surface area (Å²) in [5.74, 6) is -0.705. The summed E-state index contributed by atoms with van der Waals surface area (Å²) >= 11 is 5.89. The van der Waals surface area contributed by atoms with Gasteiger partial charge in [-0.15, -0.1) is 0 Å². The van der Waals surface area contributed by atoms with Crippen LogP contribution in [0.3, 0.4) is 0 Å². The van der Waals surface area contributed by atoms with Gasteiger partial charge in [0, 0.05) is 5.56 Å². The van der Waals surface area contributed by atoms with Gasteiger partial charge in [0.2, 0.25) is 0 Å². The summed E-state index contributed by atoms with van der Waals surface area (Å²) in [5, 5.41) is 0.267. The van der Waals surface area contributed by atoms with Crippen LogP contribution in [0.5, 0.6) is 0 Å². The van der Waals surface area contributed by atoms with Gasteiger partial charge in [0.05, 0.1) is 10.6 Å². The number of Topliss-reactive ketones (excluding diaryl/α,β-unsaturated/α-hetero) is 1. The molecule has 1 saturated carbocycles. The molecule has 1 aliphatic carbocycles. The SMILES string of the molecule is NC1(C(=O)c2cc(F)ccc2Cl)CCCC1. The maximum absolute atomic E-state index is 13.1. The van der Waals surface area contributed by atoms with Gasteiger partial charge in [0.25, 0.3) is 0 Å². The predicted octanol–water partition coefficient (Wildman–Crippen LogP) is 2.93. The van der Waals surface area contributed by atoms with Crippen molar-refractivity contribution in [3.63, 3.8) is 0 Å². The highest BCUT2D eigenvalue weighted by Crippen LogP contribution is 2.32. The predicted molar refractivity (Wildman–Crippen MR) is 61.1 cm³/mol. The van der Waals surface area contributed by atoms with E-state index in [4.69, 9.17) is 17.3 Å². The standard InChI is InChI=1S/C12H13ClFNO/c13-10-4-3-8(14)7-9(10)11(16)12(15)5-1-2-6-12/h3-4,7H,1-2,5-6,15H2. The van der Waals surface area contributed by atoms with Gasteiger partial charge >= 0.3 is 0 Å². The third-order valence-corrected chi connectivity index (χ3v) is 3.45. The number of halogens is 2. The molecule has 0 unspecified atom stereocenters. The van der Waals surface area contributed by atoms with E-state index < -0.39 is 11.4 Å². The van der Waals surface area contributed by atoms with Gasteiger partial charge in [-0.2, -0.15) is 0 Å². The van der Waals surface area contributed by atoms with Crippen molar-refractivity contribution in [3.8, 4) is 0 Å². The van der Waals surface area contributed by atoms with Gasteiger partial charge in [-0.3, -0.25) is 4.79 Å². The van der Waals surface area contributed by atoms with Crippen LogP contribution in [-0.2, 0) is 0 Å². The highest BCUT2D eigenvalue weighted by molar-refractivity contribution is 6.34. The van der Waals surface area contributed by atoms with E-state index in [0.29, 0.717) is 12.8 Å². The van der Waals surface area contributed by atoms with Crippen LogP contribution < -0.4 is 5.73 Å². The summed E-state index contributed by atoms with van der Waals surface area (Å²) in [6.07, 6.45) is 3.18. The maximum atomic E-state index is 13.1. The van der Waals surface area contributed by atoms with Crippen molar-refractivity contribution in [2.45, 2.75) is 31.2 Å². The number of rotatable bonds is 2. The number of hydrogen-bond donors (Lipinski definition) is 1. The van der Waals surface area contributed by atoms with Crippen LogP contribution in [-0.4, -0.2) is 11.3 Å². The highest BCUT2D eigenvalue weighted by Gasteiger charge is 2.38. The fourth-order valence-electron chi connectivity index (χ4n) is 2.17. The molecule has 0 atom stereocenters. The zero-order valence-corrected chi connectivity index (χ0v) is 9.56. The minimum atomic E-state index is -0.850. The molecule has 86 valence electrons. The van der Waals surface area contributed by atoms with Crippen molar-refractivity contribution >= 4 is 17.4 Å². The van der Waals surface area contributed by atoms with Gasteiger partial charge in [-0.25, -0.2) is 4.39 Å². The summed E-state index contributed by atoms with van der Waals surface area (Å²) in [5.41, 5.74) is 5.37. The fourth-order valence-corrected chi connectivity index (χ4v) is 2.38. The van der Waals surface area contributed by atoms with Crippen LogP contribution >= 0.6 is 11.6 Å². The molecule has 2 nitrogen and oxygen atoms in total. The van der Waals surface area contributed by atoms with Crippen LogP contribution in [0.4, 0.5) is 4.39 Å². The second kappa shape index (κ2) is 4.15. The third kappa shape index (κ3) is 1.97. The second-order valence-corrected chi connectivity index (χ2v) is 4.72. The quantitative estimate of drug-likeness (QED) is 0.809. The largest absolute Gasteiger partial charge is 0.319 e. The van der Waals surface area contributed by atoms with Crippen molar-refractivity contribution in [1.82, 2.24) is 0 Å². The lowest BCUT2D eigenvalue weighted by Crippen LogP contribution is -2.45. The molecule has 0 aromatic heterocycles. The molecule has 1 fully saturated rings. The lowest BCUT2D eigenvalue weighted by molar-refractivity contribution is 0.0891. The summed E-state index contributed by atoms with van der Waals surface area (Å²) in [6, 6.07) is 3.79. The van der Waals surface area contributed by atoms with Crippen LogP contribution in [0.25, 0.3) is 0 Å². The van der Waals surface area contributed by atoms with E-state index in [9.17, 15) is 9.18 Å². The Hall–Kier alpha value is -0.930. The Bertz CT molecular complexity index is 427. The maximum Gasteiger partial charge on any atom is 0.184 e. The van der Waals surface area contributed by atoms with Gasteiger partial charge in [-0.05, 0) is 31.0 Å². The van der Waals surface area contributed by atoms with Crippen molar-refractivity contribution in [2.24, 2.45) is 5.73 Å². The zero-order chi connectivity index (χ0) is 11.8. The number of carbonyl (C=O) groups excluding carboxylic acids is 1. The van der Waals surface area contributed by atoms with Crippen LogP contribution in [0.1, 0.15) is 36.0 Å². The first kappa shape index (κ1) is 11.6. The Morgan fingerprint density at radius 1 is 1.38 bits per heavy atom. The van der Waals surface area contributed by atoms with Crippen molar-refractivity contribution in [3.05, 3.63) is 34.6 Å². The first-order chi connectivity index (χ1) is 7.53. The van der Waals surface area contributed by atoms with E-state index in [1.165, 1.54) is 12.1 Å². The molecule has 2 N–H and O–H groups in total. The normalized spacial score (nSPS) is 18.7. The summed E-state index contributed by atoms with van der Waals surface area (Å²) in [6.45, 7) is 0. The monoisotopic (exact) mass is 241 g/mol. The van der Waals surface area contributed by atoms with Crippen molar-refractivity contribution in [1.29, 1.82) is 0 Å². The van der Waals surface area contributed by atoms with Crippen LogP contribution in [0.15, 0.2) is 18.2 Å². The molecule has 0 radical (unpaired) electrons. The molecule has 1 aromatic carbocycles. The fraction of sp³-hybridized carbons (Fsp3) is 0.417. The first-order valence-corrected chi connectivity index (χ1v) is 5.69. The summed E-state index contributed by atoms with van der Waals surface area (Å²) < 4.78 is 13.1. The molecule has 0 aliphatic heterocycles. The van der Waals surface area contributed by atoms with Gasteiger partial charge in [0.15, 0.2) is 5.78 Å². The number of benzene rings is 1. The van der Waals surface area contributed by atoms with Gasteiger partial charge in [0.1, 0.15) is 5.82 Å². The molecule has 0 saturated heterocycles. The smallest absolute Gasteiger partial charge is 0.184 e. The van der Waals surface area contributed by atoms with E-state index in [-0.39, 0.29) is 16.4 Å². The molecule has 0 bridgehead atoms. The molecule has 0 amide bonds. The van der Waals surface area contributed by atoms with E-state index in [1.54, 1.807) is 0 Å². The molecular weight excluding hydrogens is 229 g/mol. The molecule has 0 heterocycles. The average Bonchev–Trinajstić information content (AvgIpc) is 2.69. The molecule has 16 heavy (non-hydrogen) atoms. The lowest BCUT2D eigenvalue weighted by Gasteiger charge is -2.22. The highest BCUT2D eigenvalue weighted by atomic mass is 35.5. The van der Waals surface area contributed by atoms with E-state index in [0.717, 1.165) is 18.9 Å². The Balaban J connectivity index is 2.36.